The van der Waals surface area contributed by atoms with E-state index in [9.17, 15) is 35.1 Å². The summed E-state index contributed by atoms with van der Waals surface area (Å²) in [7, 11) is 0. The number of likely N-dealkylation sites (tertiary alicyclic amines) is 1. The van der Waals surface area contributed by atoms with Crippen molar-refractivity contribution >= 4 is 23.9 Å². The number of aliphatic hydroxyl groups is 5. The topological polar surface area (TPSA) is 226 Å². The van der Waals surface area contributed by atoms with E-state index in [4.69, 9.17) is 28.5 Å². The van der Waals surface area contributed by atoms with Crippen molar-refractivity contribution in [1.82, 2.24) is 15.3 Å². The van der Waals surface area contributed by atoms with Gasteiger partial charge >= 0.3 is 5.97 Å². The fourth-order valence-electron chi connectivity index (χ4n) is 9.95. The number of ether oxygens (including phenoxy) is 5. The molecule has 306 valence electrons. The highest BCUT2D eigenvalue weighted by Crippen LogP contribution is 2.64. The maximum atomic E-state index is 15.1. The summed E-state index contributed by atoms with van der Waals surface area (Å²) in [6, 6.07) is 5.63. The van der Waals surface area contributed by atoms with Crippen LogP contribution < -0.4 is 5.32 Å². The number of esters is 1. The lowest BCUT2D eigenvalue weighted by Gasteiger charge is -2.50. The molecule has 9 rings (SSSR count). The van der Waals surface area contributed by atoms with E-state index in [0.717, 1.165) is 36.8 Å². The number of fused-ring (bicyclic) bond motifs is 4. The van der Waals surface area contributed by atoms with Crippen LogP contribution in [-0.2, 0) is 49.5 Å². The second-order valence-corrected chi connectivity index (χ2v) is 16.5. The first-order valence-corrected chi connectivity index (χ1v) is 20.0. The van der Waals surface area contributed by atoms with E-state index >= 15 is 4.79 Å². The highest BCUT2D eigenvalue weighted by molar-refractivity contribution is 5.96. The quantitative estimate of drug-likeness (QED) is 0.128. The molecule has 12 atom stereocenters. The Morgan fingerprint density at radius 2 is 1.70 bits per heavy atom. The molecule has 3 saturated carbocycles. The third-order valence-electron chi connectivity index (χ3n) is 12.9. The van der Waals surface area contributed by atoms with Crippen molar-refractivity contribution in [3.8, 4) is 0 Å². The number of carbonyl (C=O) groups is 3. The molecule has 8 aliphatic rings. The summed E-state index contributed by atoms with van der Waals surface area (Å²) in [5.41, 5.74) is 0.213. The number of carbonyl (C=O) groups excluding carboxylic acids is 3. The molecular formula is C39H51N3O14. The standard InChI is InChI=1S/C39H51N3O14/c43-15-13-40-34(48)24-4-1-14-41(24)37(50)38-17-25-30-31(55-39(54-30,22-9-10-22)23-11-12-23)33(38)56-42(32(38)35(49)52-25)18-21-7-5-20(6-8-21)3-2-16-51-36-29(47)28(46)27(45)26(19-44)53-36/h2-3,5-8,22-33,36,43-47H,1,4,9-19H2,(H,40,48)/t24-,25-,26-,27+,28+,29-,30+,31+,32+,33-,36+,38+/m1/s1. The summed E-state index contributed by atoms with van der Waals surface area (Å²) in [5, 5.41) is 53.2. The number of nitrogens with one attached hydrogen (secondary N) is 1. The molecule has 56 heavy (non-hydrogen) atoms. The van der Waals surface area contributed by atoms with Crippen LogP contribution in [0.4, 0.5) is 0 Å². The Kier molecular flexibility index (Phi) is 10.3. The van der Waals surface area contributed by atoms with Gasteiger partial charge in [-0.15, -0.1) is 0 Å². The molecule has 0 aromatic heterocycles. The van der Waals surface area contributed by atoms with Gasteiger partial charge in [-0.25, -0.2) is 0 Å². The van der Waals surface area contributed by atoms with E-state index in [2.05, 4.69) is 5.32 Å². The van der Waals surface area contributed by atoms with Crippen LogP contribution in [-0.4, -0.2) is 159 Å². The van der Waals surface area contributed by atoms with E-state index in [1.807, 2.05) is 24.3 Å². The fourth-order valence-corrected chi connectivity index (χ4v) is 9.95. The zero-order valence-corrected chi connectivity index (χ0v) is 31.0. The second kappa shape index (κ2) is 14.9. The number of hydrogen-bond donors (Lipinski definition) is 6. The highest BCUT2D eigenvalue weighted by Gasteiger charge is 2.78. The molecule has 6 N–H and O–H groups in total. The molecule has 1 aromatic carbocycles. The number of benzene rings is 1. The Morgan fingerprint density at radius 3 is 2.39 bits per heavy atom. The van der Waals surface area contributed by atoms with Gasteiger partial charge in [-0.1, -0.05) is 36.4 Å². The SMILES string of the molecule is O=C(NCCO)[C@H]1CCCN1C(=O)[C@@]12C[C@H]3OC(=O)[C@@H]1N(Cc1ccc(C=CCO[C@H]4O[C@H](CO)[C@H](O)[C@H](O)[C@H]4O)cc1)O[C@@H]2[C@H]1OC(C2CC2)(C2CC2)O[C@H]13. The summed E-state index contributed by atoms with van der Waals surface area (Å²) in [4.78, 5) is 50.9. The van der Waals surface area contributed by atoms with Crippen LogP contribution in [0.25, 0.3) is 6.08 Å². The normalized spacial score (nSPS) is 40.2. The lowest BCUT2D eigenvalue weighted by atomic mass is 9.62. The Labute approximate surface area is 323 Å². The summed E-state index contributed by atoms with van der Waals surface area (Å²) < 4.78 is 30.9. The maximum Gasteiger partial charge on any atom is 0.327 e. The first kappa shape index (κ1) is 38.4. The lowest BCUT2D eigenvalue weighted by molar-refractivity contribution is -0.298. The molecule has 5 saturated heterocycles. The van der Waals surface area contributed by atoms with Crippen molar-refractivity contribution < 1.29 is 68.4 Å². The van der Waals surface area contributed by atoms with Crippen LogP contribution in [0, 0.1) is 17.3 Å². The minimum atomic E-state index is -1.53. The summed E-state index contributed by atoms with van der Waals surface area (Å²) in [6.07, 6.45) is -0.967. The fraction of sp³-hybridized carbons (Fsp3) is 0.718. The Balaban J connectivity index is 0.945. The van der Waals surface area contributed by atoms with Gasteiger partial charge in [-0.3, -0.25) is 19.2 Å². The number of amides is 2. The predicted molar refractivity (Wildman–Crippen MR) is 189 cm³/mol. The van der Waals surface area contributed by atoms with Crippen molar-refractivity contribution in [2.24, 2.45) is 17.3 Å². The van der Waals surface area contributed by atoms with Crippen molar-refractivity contribution in [2.45, 2.75) is 124 Å². The summed E-state index contributed by atoms with van der Waals surface area (Å²) in [5.74, 6) is -1.57. The molecule has 2 bridgehead atoms. The molecular weight excluding hydrogens is 734 g/mol. The molecule has 17 nitrogen and oxygen atoms in total. The van der Waals surface area contributed by atoms with Crippen LogP contribution >= 0.6 is 0 Å². The van der Waals surface area contributed by atoms with Crippen LogP contribution in [0.15, 0.2) is 30.3 Å². The first-order chi connectivity index (χ1) is 27.1. The molecule has 0 spiro atoms. The van der Waals surface area contributed by atoms with E-state index in [1.54, 1.807) is 22.1 Å². The van der Waals surface area contributed by atoms with E-state index in [-0.39, 0.29) is 56.4 Å². The van der Waals surface area contributed by atoms with Gasteiger partial charge in [0.1, 0.15) is 60.3 Å². The van der Waals surface area contributed by atoms with Gasteiger partial charge in [-0.2, -0.15) is 5.06 Å². The Bertz CT molecular complexity index is 1670. The van der Waals surface area contributed by atoms with Crippen molar-refractivity contribution in [3.63, 3.8) is 0 Å². The highest BCUT2D eigenvalue weighted by atomic mass is 16.8. The molecule has 5 heterocycles. The number of hydrogen-bond acceptors (Lipinski definition) is 15. The second-order valence-electron chi connectivity index (χ2n) is 16.5. The maximum absolute atomic E-state index is 15.1. The van der Waals surface area contributed by atoms with Gasteiger partial charge in [0, 0.05) is 31.3 Å². The largest absolute Gasteiger partial charge is 0.458 e. The average molecular weight is 786 g/mol. The molecule has 2 amide bonds. The molecule has 0 unspecified atom stereocenters. The minimum absolute atomic E-state index is 0.00599. The third kappa shape index (κ3) is 6.39. The molecule has 8 fully saturated rings. The summed E-state index contributed by atoms with van der Waals surface area (Å²) >= 11 is 0. The molecule has 5 aliphatic heterocycles. The molecule has 17 heteroatoms. The van der Waals surface area contributed by atoms with Gasteiger partial charge in [-0.05, 0) is 49.7 Å². The zero-order valence-electron chi connectivity index (χ0n) is 31.0. The number of rotatable bonds is 13. The Morgan fingerprint density at radius 1 is 0.964 bits per heavy atom. The number of hydroxylamine groups is 2. The van der Waals surface area contributed by atoms with Gasteiger partial charge in [0.15, 0.2) is 18.1 Å². The Hall–Kier alpha value is -3.07. The minimum Gasteiger partial charge on any atom is -0.458 e. The van der Waals surface area contributed by atoms with Gasteiger partial charge in [0.05, 0.1) is 26.4 Å². The zero-order chi connectivity index (χ0) is 38.9. The summed E-state index contributed by atoms with van der Waals surface area (Å²) in [6.45, 7) is -0.203. The predicted octanol–water partition coefficient (Wildman–Crippen LogP) is -1.28. The van der Waals surface area contributed by atoms with Gasteiger partial charge in [0.2, 0.25) is 11.8 Å². The lowest BCUT2D eigenvalue weighted by Crippen LogP contribution is -2.70. The van der Waals surface area contributed by atoms with Crippen molar-refractivity contribution in [2.75, 3.05) is 32.9 Å². The number of nitrogens with zero attached hydrogens (tertiary/aromatic N) is 2. The van der Waals surface area contributed by atoms with Crippen molar-refractivity contribution in [3.05, 3.63) is 41.5 Å². The van der Waals surface area contributed by atoms with Gasteiger partial charge < -0.3 is 59.4 Å². The first-order valence-electron chi connectivity index (χ1n) is 20.0. The molecule has 3 aliphatic carbocycles. The van der Waals surface area contributed by atoms with E-state index in [0.29, 0.717) is 19.4 Å². The molecule has 0 radical (unpaired) electrons. The van der Waals surface area contributed by atoms with Crippen LogP contribution in [0.5, 0.6) is 0 Å². The van der Waals surface area contributed by atoms with E-state index in [1.165, 1.54) is 0 Å². The average Bonchev–Trinajstić information content (AvgIpc) is 4.12. The van der Waals surface area contributed by atoms with Crippen molar-refractivity contribution in [1.29, 1.82) is 0 Å². The smallest absolute Gasteiger partial charge is 0.327 e. The van der Waals surface area contributed by atoms with Crippen LogP contribution in [0.3, 0.4) is 0 Å². The van der Waals surface area contributed by atoms with Crippen LogP contribution in [0.2, 0.25) is 0 Å². The number of aliphatic hydroxyl groups excluding tert-OH is 5. The third-order valence-corrected chi connectivity index (χ3v) is 12.9. The van der Waals surface area contributed by atoms with Crippen LogP contribution in [0.1, 0.15) is 56.1 Å². The van der Waals surface area contributed by atoms with E-state index < -0.39 is 91.0 Å². The molecule has 1 aromatic rings. The van der Waals surface area contributed by atoms with Gasteiger partial charge in [0.25, 0.3) is 0 Å². The monoisotopic (exact) mass is 785 g/mol.